The summed E-state index contributed by atoms with van der Waals surface area (Å²) in [6, 6.07) is 0. The Hall–Kier alpha value is -1.41. The lowest BCUT2D eigenvalue weighted by atomic mass is 10.2. The van der Waals surface area contributed by atoms with Crippen molar-refractivity contribution in [3.8, 4) is 0 Å². The molecule has 6 nitrogen and oxygen atoms in total. The van der Waals surface area contributed by atoms with Gasteiger partial charge in [-0.25, -0.2) is 19.3 Å². The van der Waals surface area contributed by atoms with Gasteiger partial charge in [0.2, 0.25) is 0 Å². The molecule has 0 fully saturated rings. The predicted molar refractivity (Wildman–Crippen MR) is 112 cm³/mol. The van der Waals surface area contributed by atoms with Gasteiger partial charge < -0.3 is 4.84 Å². The molecule has 8 heteroatoms. The van der Waals surface area contributed by atoms with Crippen LogP contribution in [0.2, 0.25) is 0 Å². The molecule has 0 spiro atoms. The van der Waals surface area contributed by atoms with Crippen molar-refractivity contribution in [3.63, 3.8) is 0 Å². The van der Waals surface area contributed by atoms with Crippen molar-refractivity contribution < 1.29 is 9.63 Å². The molecule has 0 saturated heterocycles. The minimum Gasteiger partial charge on any atom is -0.315 e. The molecule has 0 unspecified atom stereocenters. The SMILES string of the molecule is CCCCc1nc(SCC)cn1OC(=O)n1cc(SCC)nc1CCCC. The van der Waals surface area contributed by atoms with Crippen LogP contribution in [0.1, 0.15) is 65.0 Å². The molecule has 27 heavy (non-hydrogen) atoms. The van der Waals surface area contributed by atoms with E-state index in [1.54, 1.807) is 40.5 Å². The molecule has 2 rings (SSSR count). The number of carbonyl (C=O) groups is 1. The Morgan fingerprint density at radius 1 is 0.926 bits per heavy atom. The van der Waals surface area contributed by atoms with Crippen molar-refractivity contribution in [2.24, 2.45) is 0 Å². The van der Waals surface area contributed by atoms with Crippen LogP contribution in [-0.2, 0) is 12.8 Å². The second-order valence-electron chi connectivity index (χ2n) is 6.12. The predicted octanol–water partition coefficient (Wildman–Crippen LogP) is 5.09. The lowest BCUT2D eigenvalue weighted by Gasteiger charge is -2.09. The lowest BCUT2D eigenvalue weighted by molar-refractivity contribution is 0.129. The largest absolute Gasteiger partial charge is 0.444 e. The van der Waals surface area contributed by atoms with Crippen LogP contribution in [0.4, 0.5) is 4.79 Å². The molecular formula is C19H30N4O2S2. The van der Waals surface area contributed by atoms with Crippen LogP contribution in [-0.4, -0.2) is 36.9 Å². The Labute approximate surface area is 170 Å². The molecule has 0 aliphatic rings. The average Bonchev–Trinajstić information content (AvgIpc) is 3.22. The van der Waals surface area contributed by atoms with E-state index in [0.29, 0.717) is 0 Å². The van der Waals surface area contributed by atoms with Crippen LogP contribution in [0, 0.1) is 0 Å². The van der Waals surface area contributed by atoms with Gasteiger partial charge in [-0.3, -0.25) is 0 Å². The highest BCUT2D eigenvalue weighted by Gasteiger charge is 2.18. The number of thioether (sulfide) groups is 2. The molecule has 0 aromatic carbocycles. The highest BCUT2D eigenvalue weighted by atomic mass is 32.2. The van der Waals surface area contributed by atoms with E-state index in [9.17, 15) is 4.79 Å². The summed E-state index contributed by atoms with van der Waals surface area (Å²) in [5.41, 5.74) is 0. The van der Waals surface area contributed by atoms with E-state index in [-0.39, 0.29) is 0 Å². The first-order chi connectivity index (χ1) is 13.1. The van der Waals surface area contributed by atoms with Crippen molar-refractivity contribution in [1.82, 2.24) is 19.3 Å². The van der Waals surface area contributed by atoms with Crippen molar-refractivity contribution in [2.45, 2.75) is 76.3 Å². The van der Waals surface area contributed by atoms with Gasteiger partial charge in [-0.05, 0) is 24.3 Å². The summed E-state index contributed by atoms with van der Waals surface area (Å²) in [5.74, 6) is 3.40. The number of imidazole rings is 2. The first-order valence-corrected chi connectivity index (χ1v) is 11.7. The summed E-state index contributed by atoms with van der Waals surface area (Å²) in [6.45, 7) is 8.43. The van der Waals surface area contributed by atoms with Crippen molar-refractivity contribution in [3.05, 3.63) is 24.0 Å². The Kier molecular flexibility index (Phi) is 9.27. The molecule has 0 radical (unpaired) electrons. The van der Waals surface area contributed by atoms with Gasteiger partial charge in [0.25, 0.3) is 0 Å². The maximum absolute atomic E-state index is 12.8. The summed E-state index contributed by atoms with van der Waals surface area (Å²) in [5, 5.41) is 1.75. The summed E-state index contributed by atoms with van der Waals surface area (Å²) in [6.07, 6.45) is 8.83. The normalized spacial score (nSPS) is 11.1. The molecule has 0 saturated carbocycles. The second kappa shape index (κ2) is 11.4. The third kappa shape index (κ3) is 6.31. The van der Waals surface area contributed by atoms with E-state index < -0.39 is 6.09 Å². The summed E-state index contributed by atoms with van der Waals surface area (Å²) in [7, 11) is 0. The van der Waals surface area contributed by atoms with Crippen LogP contribution in [0.5, 0.6) is 0 Å². The van der Waals surface area contributed by atoms with E-state index >= 15 is 0 Å². The Bertz CT molecular complexity index is 727. The fraction of sp³-hybridized carbons (Fsp3) is 0.632. The van der Waals surface area contributed by atoms with Crippen molar-refractivity contribution >= 4 is 29.6 Å². The molecule has 2 heterocycles. The zero-order valence-corrected chi connectivity index (χ0v) is 18.4. The maximum Gasteiger partial charge on any atom is 0.444 e. The Morgan fingerprint density at radius 3 is 2.07 bits per heavy atom. The van der Waals surface area contributed by atoms with Crippen LogP contribution < -0.4 is 4.84 Å². The van der Waals surface area contributed by atoms with Crippen LogP contribution in [0.25, 0.3) is 0 Å². The summed E-state index contributed by atoms with van der Waals surface area (Å²) in [4.78, 5) is 27.7. The van der Waals surface area contributed by atoms with Gasteiger partial charge in [-0.15, -0.1) is 23.5 Å². The molecule has 0 bridgehead atoms. The van der Waals surface area contributed by atoms with Gasteiger partial charge in [0.15, 0.2) is 0 Å². The standard InChI is InChI=1S/C19H30N4O2S2/c1-5-9-11-15-20-17(26-7-3)13-22(15)19(24)25-23-14-18(27-8-4)21-16(23)12-10-6-2/h13-14H,5-12H2,1-4H3. The smallest absolute Gasteiger partial charge is 0.315 e. The van der Waals surface area contributed by atoms with E-state index in [2.05, 4.69) is 37.7 Å². The number of rotatable bonds is 11. The number of aryl methyl sites for hydroxylation is 2. The minimum absolute atomic E-state index is 0.431. The highest BCUT2D eigenvalue weighted by molar-refractivity contribution is 7.99. The number of hydrogen-bond donors (Lipinski definition) is 0. The Balaban J connectivity index is 2.22. The third-order valence-electron chi connectivity index (χ3n) is 3.94. The molecule has 0 aliphatic carbocycles. The fourth-order valence-electron chi connectivity index (χ4n) is 2.59. The number of carbonyl (C=O) groups excluding carboxylic acids is 1. The molecule has 2 aromatic heterocycles. The molecule has 0 atom stereocenters. The Morgan fingerprint density at radius 2 is 1.48 bits per heavy atom. The molecule has 0 amide bonds. The molecule has 150 valence electrons. The lowest BCUT2D eigenvalue weighted by Crippen LogP contribution is -2.27. The topological polar surface area (TPSA) is 61.9 Å². The van der Waals surface area contributed by atoms with Gasteiger partial charge in [0, 0.05) is 19.0 Å². The third-order valence-corrected chi connectivity index (χ3v) is 5.51. The number of hydrogen-bond acceptors (Lipinski definition) is 6. The zero-order chi connectivity index (χ0) is 19.6. The first kappa shape index (κ1) is 21.9. The molecular weight excluding hydrogens is 380 g/mol. The highest BCUT2D eigenvalue weighted by Crippen LogP contribution is 2.20. The average molecular weight is 411 g/mol. The van der Waals surface area contributed by atoms with Gasteiger partial charge in [-0.1, -0.05) is 40.5 Å². The van der Waals surface area contributed by atoms with E-state index in [0.717, 1.165) is 71.7 Å². The van der Waals surface area contributed by atoms with E-state index in [1.807, 2.05) is 0 Å². The second-order valence-corrected chi connectivity index (χ2v) is 8.69. The van der Waals surface area contributed by atoms with Gasteiger partial charge in [0.05, 0.1) is 6.20 Å². The molecule has 0 aliphatic heterocycles. The van der Waals surface area contributed by atoms with Crippen molar-refractivity contribution in [1.29, 1.82) is 0 Å². The number of unbranched alkanes of at least 4 members (excludes halogenated alkanes) is 2. The monoisotopic (exact) mass is 410 g/mol. The van der Waals surface area contributed by atoms with E-state index in [1.165, 1.54) is 4.73 Å². The number of nitrogens with zero attached hydrogens (tertiary/aromatic N) is 4. The maximum atomic E-state index is 12.8. The first-order valence-electron chi connectivity index (χ1n) is 9.77. The van der Waals surface area contributed by atoms with Crippen LogP contribution in [0.15, 0.2) is 22.4 Å². The minimum atomic E-state index is -0.431. The van der Waals surface area contributed by atoms with Gasteiger partial charge in [-0.2, -0.15) is 4.73 Å². The van der Waals surface area contributed by atoms with Crippen LogP contribution >= 0.6 is 23.5 Å². The summed E-state index contributed by atoms with van der Waals surface area (Å²) >= 11 is 3.28. The quantitative estimate of drug-likeness (QED) is 0.481. The van der Waals surface area contributed by atoms with Crippen LogP contribution in [0.3, 0.4) is 0 Å². The van der Waals surface area contributed by atoms with Crippen molar-refractivity contribution in [2.75, 3.05) is 11.5 Å². The van der Waals surface area contributed by atoms with Gasteiger partial charge in [0.1, 0.15) is 21.7 Å². The van der Waals surface area contributed by atoms with Gasteiger partial charge >= 0.3 is 6.09 Å². The molecule has 0 N–H and O–H groups in total. The molecule has 2 aromatic rings. The number of aromatic nitrogens is 4. The zero-order valence-electron chi connectivity index (χ0n) is 16.7. The summed E-state index contributed by atoms with van der Waals surface area (Å²) < 4.78 is 3.08. The fourth-order valence-corrected chi connectivity index (χ4v) is 3.87. The van der Waals surface area contributed by atoms with E-state index in [4.69, 9.17) is 4.84 Å².